The van der Waals surface area contributed by atoms with Gasteiger partial charge in [-0.1, -0.05) is 156 Å². The summed E-state index contributed by atoms with van der Waals surface area (Å²) >= 11 is 0. The second kappa shape index (κ2) is 46.4. The number of likely N-dealkylation sites (N-methyl/N-ethyl adjacent to an activating group) is 1. The van der Waals surface area contributed by atoms with E-state index in [-0.39, 0.29) is 109 Å². The molecule has 1 fully saturated rings. The van der Waals surface area contributed by atoms with Crippen LogP contribution in [0.25, 0.3) is 0 Å². The van der Waals surface area contributed by atoms with Crippen LogP contribution in [0.3, 0.4) is 0 Å². The van der Waals surface area contributed by atoms with Gasteiger partial charge in [-0.15, -0.1) is 0 Å². The quantitative estimate of drug-likeness (QED) is 0.0317. The summed E-state index contributed by atoms with van der Waals surface area (Å²) in [6.07, 6.45) is 26.3. The van der Waals surface area contributed by atoms with Crippen LogP contribution in [0.5, 0.6) is 0 Å². The molecule has 0 aromatic rings. The lowest BCUT2D eigenvalue weighted by Gasteiger charge is -2.40. The number of likely N-dealkylation sites (tertiary alicyclic amines) is 1. The summed E-state index contributed by atoms with van der Waals surface area (Å²) in [6, 6.07) is -1.20. The number of rotatable bonds is 47. The number of nitrogens with zero attached hydrogens (tertiary/aromatic N) is 2. The van der Waals surface area contributed by atoms with Crippen molar-refractivity contribution in [3.8, 4) is 0 Å². The first kappa shape index (κ1) is 68.1. The third-order valence-corrected chi connectivity index (χ3v) is 13.5. The highest BCUT2D eigenvalue weighted by atomic mass is 16.6. The highest BCUT2D eigenvalue weighted by molar-refractivity contribution is 5.73. The Labute approximate surface area is 447 Å². The fraction of sp³-hybridized carbons (Fsp3) is 0.879. The lowest BCUT2D eigenvalue weighted by Crippen LogP contribution is -2.54. The second-order valence-electron chi connectivity index (χ2n) is 20.9. The lowest BCUT2D eigenvalue weighted by molar-refractivity contribution is -0.157. The van der Waals surface area contributed by atoms with Crippen molar-refractivity contribution in [1.29, 1.82) is 0 Å². The summed E-state index contributed by atoms with van der Waals surface area (Å²) in [4.78, 5) is 95.0. The fourth-order valence-electron chi connectivity index (χ4n) is 8.81. The molecule has 430 valence electrons. The minimum atomic E-state index is -0.633. The number of amides is 1. The van der Waals surface area contributed by atoms with E-state index in [2.05, 4.69) is 27.7 Å². The lowest BCUT2D eigenvalue weighted by atomic mass is 9.96. The summed E-state index contributed by atoms with van der Waals surface area (Å²) < 4.78 is 39.7. The largest absolute Gasteiger partial charge is 0.465 e. The van der Waals surface area contributed by atoms with Crippen molar-refractivity contribution in [2.45, 2.75) is 252 Å². The topological polar surface area (TPSA) is 191 Å². The van der Waals surface area contributed by atoms with Crippen LogP contribution in [-0.2, 0) is 61.9 Å². The third-order valence-electron chi connectivity index (χ3n) is 13.5. The predicted octanol–water partition coefficient (Wildman–Crippen LogP) is 12.2. The van der Waals surface area contributed by atoms with E-state index < -0.39 is 42.0 Å². The normalized spacial score (nSPS) is 14.5. The van der Waals surface area contributed by atoms with Gasteiger partial charge in [0.1, 0.15) is 19.8 Å². The molecular weight excluding hydrogens is 949 g/mol. The molecule has 1 heterocycles. The van der Waals surface area contributed by atoms with Gasteiger partial charge < -0.3 is 38.1 Å². The van der Waals surface area contributed by atoms with E-state index >= 15 is 0 Å². The maximum absolute atomic E-state index is 13.8. The number of esters is 6. The summed E-state index contributed by atoms with van der Waals surface area (Å²) in [5.74, 6) is -3.93. The first-order valence-corrected chi connectivity index (χ1v) is 29.4. The molecule has 0 N–H and O–H groups in total. The van der Waals surface area contributed by atoms with Gasteiger partial charge in [-0.05, 0) is 59.0 Å². The molecule has 1 aliphatic rings. The second-order valence-corrected chi connectivity index (χ2v) is 20.9. The Balaban J connectivity index is 3.04. The van der Waals surface area contributed by atoms with Gasteiger partial charge in [0.15, 0.2) is 0 Å². The Morgan fingerprint density at radius 2 is 0.703 bits per heavy atom. The van der Waals surface area contributed by atoms with E-state index in [0.717, 1.165) is 103 Å². The molecule has 1 rings (SSSR count). The SMILES string of the molecule is CCCCCCCCC(=O)OCC(COC(=O)CCCCCCCC)CC(=O)OC[C@@H]1CCC[C@@H](COC(=O)CC(COC(=O)CCCCCCCC)COC(=O)CCCCCCCC)N1C(=O)OCCN(C)C. The van der Waals surface area contributed by atoms with Crippen LogP contribution in [0, 0.1) is 11.8 Å². The number of carbonyl (C=O) groups is 7. The first-order chi connectivity index (χ1) is 35.8. The Morgan fingerprint density at radius 1 is 0.405 bits per heavy atom. The molecule has 1 saturated heterocycles. The molecule has 16 heteroatoms. The predicted molar refractivity (Wildman–Crippen MR) is 287 cm³/mol. The number of carbonyl (C=O) groups excluding carboxylic acids is 7. The van der Waals surface area contributed by atoms with Crippen LogP contribution < -0.4 is 0 Å². The van der Waals surface area contributed by atoms with Crippen LogP contribution in [0.1, 0.15) is 240 Å². The standard InChI is InChI=1S/C58H104N2O14/c1-7-11-15-19-23-27-34-52(61)69-42-48(43-70-53(62)35-28-24-20-16-12-8-2)40-56(65)73-46-50-32-31-33-51(60(50)58(67)68-39-38-59(5)6)47-74-57(66)41-49(44-71-54(63)36-29-25-21-17-13-9-3)45-72-55(64)37-30-26-22-18-14-10-4/h48-51H,7-47H2,1-6H3/t50-,51-/m0/s1. The molecule has 0 aromatic heterocycles. The zero-order chi connectivity index (χ0) is 54.4. The smallest absolute Gasteiger partial charge is 0.410 e. The van der Waals surface area contributed by atoms with Crippen molar-refractivity contribution in [3.05, 3.63) is 0 Å². The van der Waals surface area contributed by atoms with Crippen LogP contribution in [-0.4, -0.2) is 131 Å². The van der Waals surface area contributed by atoms with Crippen molar-refractivity contribution < 1.29 is 66.7 Å². The molecule has 0 saturated carbocycles. The van der Waals surface area contributed by atoms with E-state index in [4.69, 9.17) is 33.2 Å². The molecule has 0 unspecified atom stereocenters. The van der Waals surface area contributed by atoms with Crippen molar-refractivity contribution >= 4 is 41.9 Å². The van der Waals surface area contributed by atoms with Gasteiger partial charge in [0.2, 0.25) is 0 Å². The minimum absolute atomic E-state index is 0.106. The molecule has 0 radical (unpaired) electrons. The number of unbranched alkanes of at least 4 members (excludes halogenated alkanes) is 20. The van der Waals surface area contributed by atoms with Crippen molar-refractivity contribution in [3.63, 3.8) is 0 Å². The van der Waals surface area contributed by atoms with E-state index in [9.17, 15) is 33.6 Å². The molecule has 16 nitrogen and oxygen atoms in total. The summed E-state index contributed by atoms with van der Waals surface area (Å²) in [5, 5.41) is 0. The fourth-order valence-corrected chi connectivity index (χ4v) is 8.81. The molecule has 1 amide bonds. The minimum Gasteiger partial charge on any atom is -0.465 e. The molecule has 0 aliphatic carbocycles. The van der Waals surface area contributed by atoms with Crippen molar-refractivity contribution in [1.82, 2.24) is 9.80 Å². The molecule has 74 heavy (non-hydrogen) atoms. The zero-order valence-electron chi connectivity index (χ0n) is 47.4. The Kier molecular flexibility index (Phi) is 42.6. The Hall–Kier alpha value is -3.95. The molecule has 2 atom stereocenters. The maximum atomic E-state index is 13.8. The first-order valence-electron chi connectivity index (χ1n) is 29.4. The van der Waals surface area contributed by atoms with Crippen LogP contribution in [0.2, 0.25) is 0 Å². The van der Waals surface area contributed by atoms with Crippen LogP contribution in [0.15, 0.2) is 0 Å². The van der Waals surface area contributed by atoms with Gasteiger partial charge >= 0.3 is 41.9 Å². The average Bonchev–Trinajstić information content (AvgIpc) is 3.38. The van der Waals surface area contributed by atoms with Gasteiger partial charge in [-0.3, -0.25) is 33.7 Å². The number of hydrogen-bond acceptors (Lipinski definition) is 15. The van der Waals surface area contributed by atoms with Crippen LogP contribution >= 0.6 is 0 Å². The van der Waals surface area contributed by atoms with E-state index in [1.807, 2.05) is 19.0 Å². The van der Waals surface area contributed by atoms with E-state index in [1.54, 1.807) is 0 Å². The average molecular weight is 1050 g/mol. The van der Waals surface area contributed by atoms with E-state index in [1.165, 1.54) is 30.6 Å². The summed E-state index contributed by atoms with van der Waals surface area (Å²) in [5.41, 5.74) is 0. The molecular formula is C58H104N2O14. The molecule has 0 bridgehead atoms. The van der Waals surface area contributed by atoms with Gasteiger partial charge in [0.05, 0.1) is 51.4 Å². The highest BCUT2D eigenvalue weighted by Crippen LogP contribution is 2.26. The Morgan fingerprint density at radius 3 is 1.00 bits per heavy atom. The highest BCUT2D eigenvalue weighted by Gasteiger charge is 2.37. The van der Waals surface area contributed by atoms with Crippen LogP contribution in [0.4, 0.5) is 4.79 Å². The van der Waals surface area contributed by atoms with Crippen molar-refractivity contribution in [2.24, 2.45) is 11.8 Å². The third kappa shape index (κ3) is 37.7. The number of ether oxygens (including phenoxy) is 7. The Bertz CT molecular complexity index is 1340. The number of hydrogen-bond donors (Lipinski definition) is 0. The zero-order valence-corrected chi connectivity index (χ0v) is 47.4. The maximum Gasteiger partial charge on any atom is 0.410 e. The van der Waals surface area contributed by atoms with Gasteiger partial charge in [0, 0.05) is 44.1 Å². The summed E-state index contributed by atoms with van der Waals surface area (Å²) in [6.45, 7) is 8.43. The number of piperidine rings is 1. The van der Waals surface area contributed by atoms with Crippen molar-refractivity contribution in [2.75, 3.05) is 66.9 Å². The summed E-state index contributed by atoms with van der Waals surface area (Å²) in [7, 11) is 3.72. The van der Waals surface area contributed by atoms with Gasteiger partial charge in [0.25, 0.3) is 0 Å². The molecule has 0 aromatic carbocycles. The van der Waals surface area contributed by atoms with Gasteiger partial charge in [-0.2, -0.15) is 0 Å². The van der Waals surface area contributed by atoms with E-state index in [0.29, 0.717) is 51.5 Å². The molecule has 0 spiro atoms. The molecule has 1 aliphatic heterocycles. The van der Waals surface area contributed by atoms with Gasteiger partial charge in [-0.25, -0.2) is 4.79 Å². The monoisotopic (exact) mass is 1050 g/mol.